The number of nitroso groups, excluding NO2 is 1. The highest BCUT2D eigenvalue weighted by molar-refractivity contribution is 7.89. The van der Waals surface area contributed by atoms with Crippen molar-refractivity contribution in [3.05, 3.63) is 59.0 Å². The summed E-state index contributed by atoms with van der Waals surface area (Å²) in [6.45, 7) is 1.71. The van der Waals surface area contributed by atoms with Crippen LogP contribution in [-0.2, 0) is 24.4 Å². The summed E-state index contributed by atoms with van der Waals surface area (Å²) in [5.41, 5.74) is 17.5. The predicted octanol–water partition coefficient (Wildman–Crippen LogP) is 0.921. The SMILES string of the molecule is Cc1ccc(S(=O)(=O)N(C(=O)[C@@H]2CCCN2C(=O)CN)[C@@H](CCCN=C(N)N)C(=O)Nc2ccc(N=O)cc2)cc1. The fraction of sp³-hybridized carbons (Fsp3) is 0.385. The number of rotatable bonds is 12. The molecule has 1 aliphatic heterocycles. The van der Waals surface area contributed by atoms with Gasteiger partial charge >= 0.3 is 0 Å². The van der Waals surface area contributed by atoms with Crippen LogP contribution in [0.25, 0.3) is 0 Å². The van der Waals surface area contributed by atoms with Crippen molar-refractivity contribution in [3.8, 4) is 0 Å². The van der Waals surface area contributed by atoms with Crippen LogP contribution in [0, 0.1) is 11.8 Å². The van der Waals surface area contributed by atoms with Gasteiger partial charge in [-0.15, -0.1) is 4.91 Å². The third-order valence-corrected chi connectivity index (χ3v) is 8.40. The van der Waals surface area contributed by atoms with Crippen LogP contribution in [0.4, 0.5) is 11.4 Å². The smallest absolute Gasteiger partial charge is 0.267 e. The second-order valence-corrected chi connectivity index (χ2v) is 11.3. The van der Waals surface area contributed by atoms with Crippen molar-refractivity contribution in [2.24, 2.45) is 27.4 Å². The molecular formula is C26H34N8O6S. The van der Waals surface area contributed by atoms with Gasteiger partial charge in [-0.1, -0.05) is 17.7 Å². The first-order chi connectivity index (χ1) is 19.5. The Morgan fingerprint density at radius 2 is 1.76 bits per heavy atom. The number of hydrogen-bond acceptors (Lipinski definition) is 9. The van der Waals surface area contributed by atoms with Gasteiger partial charge in [0.1, 0.15) is 17.8 Å². The van der Waals surface area contributed by atoms with E-state index in [0.29, 0.717) is 10.7 Å². The van der Waals surface area contributed by atoms with E-state index in [0.717, 1.165) is 5.56 Å². The van der Waals surface area contributed by atoms with Crippen LogP contribution in [0.3, 0.4) is 0 Å². The minimum Gasteiger partial charge on any atom is -0.370 e. The quantitative estimate of drug-likeness (QED) is 0.120. The zero-order valence-corrected chi connectivity index (χ0v) is 23.4. The second kappa shape index (κ2) is 13.8. The van der Waals surface area contributed by atoms with E-state index in [4.69, 9.17) is 17.2 Å². The van der Waals surface area contributed by atoms with Crippen molar-refractivity contribution in [1.29, 1.82) is 0 Å². The summed E-state index contributed by atoms with van der Waals surface area (Å²) in [6, 6.07) is 8.77. The molecule has 3 amide bonds. The van der Waals surface area contributed by atoms with E-state index >= 15 is 0 Å². The third-order valence-electron chi connectivity index (χ3n) is 6.58. The molecule has 0 aromatic heterocycles. The number of nitrogens with two attached hydrogens (primary N) is 3. The van der Waals surface area contributed by atoms with Gasteiger partial charge in [-0.3, -0.25) is 19.4 Å². The normalized spacial score (nSPS) is 15.6. The molecule has 0 spiro atoms. The summed E-state index contributed by atoms with van der Waals surface area (Å²) in [5, 5.41) is 5.44. The van der Waals surface area contributed by atoms with E-state index in [9.17, 15) is 27.7 Å². The Morgan fingerprint density at radius 1 is 1.10 bits per heavy atom. The van der Waals surface area contributed by atoms with Gasteiger partial charge in [0, 0.05) is 18.8 Å². The fourth-order valence-electron chi connectivity index (χ4n) is 4.53. The molecule has 0 radical (unpaired) electrons. The maximum atomic E-state index is 14.1. The van der Waals surface area contributed by atoms with Crippen LogP contribution in [0.1, 0.15) is 31.2 Å². The van der Waals surface area contributed by atoms with E-state index < -0.39 is 39.8 Å². The summed E-state index contributed by atoms with van der Waals surface area (Å²) in [4.78, 5) is 56.1. The maximum Gasteiger partial charge on any atom is 0.267 e. The molecule has 0 saturated carbocycles. The number of nitrogens with one attached hydrogen (secondary N) is 1. The summed E-state index contributed by atoms with van der Waals surface area (Å²) in [7, 11) is -4.60. The Kier molecular flexibility index (Phi) is 10.5. The second-order valence-electron chi connectivity index (χ2n) is 9.49. The van der Waals surface area contributed by atoms with Crippen LogP contribution < -0.4 is 22.5 Å². The zero-order valence-electron chi connectivity index (χ0n) is 22.6. The molecule has 15 heteroatoms. The number of amides is 3. The largest absolute Gasteiger partial charge is 0.370 e. The van der Waals surface area contributed by atoms with E-state index in [1.807, 2.05) is 0 Å². The Morgan fingerprint density at radius 3 is 2.34 bits per heavy atom. The van der Waals surface area contributed by atoms with Crippen molar-refractivity contribution < 1.29 is 22.8 Å². The number of sulfonamides is 1. The predicted molar refractivity (Wildman–Crippen MR) is 153 cm³/mol. The van der Waals surface area contributed by atoms with Crippen LogP contribution in [-0.4, -0.2) is 73.0 Å². The molecule has 1 saturated heterocycles. The van der Waals surface area contributed by atoms with E-state index in [-0.39, 0.29) is 61.1 Å². The fourth-order valence-corrected chi connectivity index (χ4v) is 6.13. The molecule has 2 aromatic rings. The number of aliphatic imine (C=N–C) groups is 1. The molecule has 1 aliphatic rings. The maximum absolute atomic E-state index is 14.1. The molecule has 1 heterocycles. The number of aryl methyl sites for hydroxylation is 1. The lowest BCUT2D eigenvalue weighted by Crippen LogP contribution is -2.56. The van der Waals surface area contributed by atoms with Crippen LogP contribution in [0.2, 0.25) is 0 Å². The minimum absolute atomic E-state index is 0.0691. The molecule has 14 nitrogen and oxygen atoms in total. The molecule has 41 heavy (non-hydrogen) atoms. The van der Waals surface area contributed by atoms with E-state index in [1.54, 1.807) is 19.1 Å². The van der Waals surface area contributed by atoms with Crippen LogP contribution >= 0.6 is 0 Å². The number of likely N-dealkylation sites (tertiary alicyclic amines) is 1. The summed E-state index contributed by atoms with van der Waals surface area (Å²) in [5.74, 6) is -2.42. The molecule has 0 aliphatic carbocycles. The first-order valence-electron chi connectivity index (χ1n) is 12.9. The van der Waals surface area contributed by atoms with Gasteiger partial charge in [0.25, 0.3) is 15.9 Å². The Bertz CT molecular complexity index is 1390. The van der Waals surface area contributed by atoms with Crippen LogP contribution in [0.15, 0.2) is 63.6 Å². The average Bonchev–Trinajstić information content (AvgIpc) is 3.44. The Balaban J connectivity index is 2.09. The standard InChI is InChI=1S/C26H34N8O6S/c1-17-6-12-20(13-7-17)41(39,40)34(25(37)22-5-3-15-33(22)23(35)16-27)21(4-2-14-30-26(28)29)24(36)31-18-8-10-19(32-38)11-9-18/h6-13,21-22H,2-5,14-16,27H2,1H3,(H,31,36)(H4,28,29,30)/t21-,22-/m0/s1. The van der Waals surface area contributed by atoms with E-state index in [2.05, 4.69) is 15.5 Å². The molecule has 1 fully saturated rings. The molecule has 0 unspecified atom stereocenters. The van der Waals surface area contributed by atoms with Crippen molar-refractivity contribution in [3.63, 3.8) is 0 Å². The Labute approximate surface area is 238 Å². The average molecular weight is 587 g/mol. The molecule has 2 atom stereocenters. The van der Waals surface area contributed by atoms with Crippen molar-refractivity contribution in [2.45, 2.75) is 49.6 Å². The van der Waals surface area contributed by atoms with Crippen molar-refractivity contribution >= 4 is 45.1 Å². The number of nitrogens with zero attached hydrogens (tertiary/aromatic N) is 4. The zero-order chi connectivity index (χ0) is 30.2. The van der Waals surface area contributed by atoms with E-state index in [1.165, 1.54) is 41.3 Å². The van der Waals surface area contributed by atoms with Gasteiger partial charge in [0.15, 0.2) is 5.96 Å². The van der Waals surface area contributed by atoms with Gasteiger partial charge in [0.05, 0.1) is 11.4 Å². The first-order valence-corrected chi connectivity index (χ1v) is 14.4. The molecule has 7 N–H and O–H groups in total. The number of benzene rings is 2. The highest BCUT2D eigenvalue weighted by atomic mass is 32.2. The van der Waals surface area contributed by atoms with Crippen molar-refractivity contribution in [1.82, 2.24) is 9.21 Å². The highest BCUT2D eigenvalue weighted by Gasteiger charge is 2.45. The number of carbonyl (C=O) groups is 3. The molecule has 220 valence electrons. The third kappa shape index (κ3) is 7.64. The number of carbonyl (C=O) groups excluding carboxylic acids is 3. The van der Waals surface area contributed by atoms with Gasteiger partial charge in [-0.25, -0.2) is 12.7 Å². The molecule has 0 bridgehead atoms. The van der Waals surface area contributed by atoms with Gasteiger partial charge in [0.2, 0.25) is 11.8 Å². The Hall–Kier alpha value is -4.37. The minimum atomic E-state index is -4.60. The lowest BCUT2D eigenvalue weighted by Gasteiger charge is -2.34. The summed E-state index contributed by atoms with van der Waals surface area (Å²) in [6.07, 6.45) is 0.671. The number of hydrogen-bond donors (Lipinski definition) is 4. The molecular weight excluding hydrogens is 552 g/mol. The van der Waals surface area contributed by atoms with Crippen molar-refractivity contribution in [2.75, 3.05) is 25.0 Å². The van der Waals surface area contributed by atoms with Crippen LogP contribution in [0.5, 0.6) is 0 Å². The van der Waals surface area contributed by atoms with Gasteiger partial charge in [-0.05, 0) is 74.2 Å². The molecule has 2 aromatic carbocycles. The lowest BCUT2D eigenvalue weighted by atomic mass is 10.1. The number of anilines is 1. The summed E-state index contributed by atoms with van der Waals surface area (Å²) < 4.78 is 28.8. The molecule has 3 rings (SSSR count). The number of guanidine groups is 1. The summed E-state index contributed by atoms with van der Waals surface area (Å²) >= 11 is 0. The lowest BCUT2D eigenvalue weighted by molar-refractivity contribution is -0.142. The van der Waals surface area contributed by atoms with Gasteiger partial charge < -0.3 is 27.4 Å². The highest BCUT2D eigenvalue weighted by Crippen LogP contribution is 2.28. The monoisotopic (exact) mass is 586 g/mol. The van der Waals surface area contributed by atoms with Gasteiger partial charge in [-0.2, -0.15) is 0 Å². The topological polar surface area (TPSA) is 224 Å². The first kappa shape index (κ1) is 31.2.